The van der Waals surface area contributed by atoms with Gasteiger partial charge in [-0.15, -0.1) is 0 Å². The van der Waals surface area contributed by atoms with Gasteiger partial charge >= 0.3 is 0 Å². The van der Waals surface area contributed by atoms with Crippen LogP contribution in [0.5, 0.6) is 0 Å². The van der Waals surface area contributed by atoms with Gasteiger partial charge in [-0.05, 0) is 12.8 Å². The molecule has 1 fully saturated rings. The van der Waals surface area contributed by atoms with E-state index in [1.807, 2.05) is 13.8 Å². The Morgan fingerprint density at radius 1 is 1.33 bits per heavy atom. The minimum Gasteiger partial charge on any atom is -0.378 e. The van der Waals surface area contributed by atoms with Crippen molar-refractivity contribution in [1.29, 1.82) is 0 Å². The highest BCUT2D eigenvalue weighted by Gasteiger charge is 2.22. The first-order valence-corrected chi connectivity index (χ1v) is 8.10. The Kier molecular flexibility index (Phi) is 7.10. The molecule has 6 nitrogen and oxygen atoms in total. The average molecular weight is 279 g/mol. The van der Waals surface area contributed by atoms with E-state index >= 15 is 0 Å². The van der Waals surface area contributed by atoms with Crippen molar-refractivity contribution in [3.8, 4) is 0 Å². The van der Waals surface area contributed by atoms with Crippen LogP contribution in [-0.4, -0.2) is 58.2 Å². The standard InChI is InChI=1S/C11H25N3O3S/c1-3-6-14(7-4-2)18(15,16)13-9-11-10-17-8-5-12-11/h11-13H,3-10H2,1-2H3. The van der Waals surface area contributed by atoms with Crippen molar-refractivity contribution in [2.24, 2.45) is 0 Å². The zero-order chi connectivity index (χ0) is 13.4. The highest BCUT2D eigenvalue weighted by atomic mass is 32.2. The van der Waals surface area contributed by atoms with Crippen LogP contribution in [0.15, 0.2) is 0 Å². The Hall–Kier alpha value is -0.210. The number of hydrogen-bond donors (Lipinski definition) is 2. The Bertz CT molecular complexity index is 309. The van der Waals surface area contributed by atoms with Gasteiger partial charge in [-0.2, -0.15) is 12.7 Å². The third kappa shape index (κ3) is 5.19. The fourth-order valence-corrected chi connectivity index (χ4v) is 3.34. The van der Waals surface area contributed by atoms with E-state index in [-0.39, 0.29) is 6.04 Å². The quantitative estimate of drug-likeness (QED) is 0.652. The number of morpholine rings is 1. The van der Waals surface area contributed by atoms with Gasteiger partial charge in [-0.25, -0.2) is 4.72 Å². The lowest BCUT2D eigenvalue weighted by atomic mass is 10.3. The number of rotatable bonds is 8. The lowest BCUT2D eigenvalue weighted by molar-refractivity contribution is 0.0782. The van der Waals surface area contributed by atoms with Crippen molar-refractivity contribution >= 4 is 10.2 Å². The summed E-state index contributed by atoms with van der Waals surface area (Å²) in [6.07, 6.45) is 1.65. The first kappa shape index (κ1) is 15.8. The smallest absolute Gasteiger partial charge is 0.279 e. The van der Waals surface area contributed by atoms with Gasteiger partial charge in [0.25, 0.3) is 10.2 Å². The van der Waals surface area contributed by atoms with Crippen LogP contribution in [0.1, 0.15) is 26.7 Å². The van der Waals surface area contributed by atoms with Gasteiger partial charge in [0.2, 0.25) is 0 Å². The van der Waals surface area contributed by atoms with E-state index < -0.39 is 10.2 Å². The van der Waals surface area contributed by atoms with Gasteiger partial charge < -0.3 is 10.1 Å². The maximum atomic E-state index is 12.1. The summed E-state index contributed by atoms with van der Waals surface area (Å²) in [5.41, 5.74) is 0. The van der Waals surface area contributed by atoms with Crippen LogP contribution >= 0.6 is 0 Å². The summed E-state index contributed by atoms with van der Waals surface area (Å²) in [6.45, 7) is 7.51. The predicted molar refractivity (Wildman–Crippen MR) is 71.7 cm³/mol. The normalized spacial score (nSPS) is 21.4. The van der Waals surface area contributed by atoms with Crippen LogP contribution in [-0.2, 0) is 14.9 Å². The lowest BCUT2D eigenvalue weighted by Crippen LogP contribution is -2.51. The molecule has 2 N–H and O–H groups in total. The molecule has 0 aromatic heterocycles. The molecule has 0 saturated carbocycles. The highest BCUT2D eigenvalue weighted by molar-refractivity contribution is 7.87. The monoisotopic (exact) mass is 279 g/mol. The van der Waals surface area contributed by atoms with Gasteiger partial charge in [0.15, 0.2) is 0 Å². The van der Waals surface area contributed by atoms with Gasteiger partial charge in [-0.3, -0.25) is 0 Å². The van der Waals surface area contributed by atoms with Gasteiger partial charge in [0.05, 0.1) is 13.2 Å². The zero-order valence-electron chi connectivity index (χ0n) is 11.3. The summed E-state index contributed by atoms with van der Waals surface area (Å²) in [7, 11) is -3.36. The highest BCUT2D eigenvalue weighted by Crippen LogP contribution is 2.02. The molecule has 1 unspecified atom stereocenters. The Balaban J connectivity index is 2.45. The fourth-order valence-electron chi connectivity index (χ4n) is 1.90. The molecule has 0 spiro atoms. The number of nitrogens with zero attached hydrogens (tertiary/aromatic N) is 1. The molecule has 108 valence electrons. The van der Waals surface area contributed by atoms with Crippen molar-refractivity contribution < 1.29 is 13.2 Å². The van der Waals surface area contributed by atoms with Crippen LogP contribution in [0, 0.1) is 0 Å². The number of ether oxygens (including phenoxy) is 1. The summed E-state index contributed by atoms with van der Waals surface area (Å²) in [5, 5.41) is 3.22. The third-order valence-electron chi connectivity index (χ3n) is 2.80. The van der Waals surface area contributed by atoms with Gasteiger partial charge in [0, 0.05) is 32.2 Å². The average Bonchev–Trinajstić information content (AvgIpc) is 2.37. The summed E-state index contributed by atoms with van der Waals surface area (Å²) in [4.78, 5) is 0. The summed E-state index contributed by atoms with van der Waals surface area (Å²) < 4.78 is 33.7. The van der Waals surface area contributed by atoms with E-state index in [0.717, 1.165) is 19.4 Å². The SMILES string of the molecule is CCCN(CCC)S(=O)(=O)NCC1COCCN1. The lowest BCUT2D eigenvalue weighted by Gasteiger charge is -2.26. The molecular formula is C11H25N3O3S. The van der Waals surface area contributed by atoms with E-state index in [1.54, 1.807) is 0 Å². The van der Waals surface area contributed by atoms with Gasteiger partial charge in [-0.1, -0.05) is 13.8 Å². The summed E-state index contributed by atoms with van der Waals surface area (Å²) in [5.74, 6) is 0. The van der Waals surface area contributed by atoms with Crippen LogP contribution in [0.3, 0.4) is 0 Å². The van der Waals surface area contributed by atoms with Crippen molar-refractivity contribution in [1.82, 2.24) is 14.3 Å². The van der Waals surface area contributed by atoms with Crippen molar-refractivity contribution in [2.45, 2.75) is 32.7 Å². The number of hydrogen-bond acceptors (Lipinski definition) is 4. The van der Waals surface area contributed by atoms with Crippen LogP contribution in [0.25, 0.3) is 0 Å². The zero-order valence-corrected chi connectivity index (χ0v) is 12.1. The van der Waals surface area contributed by atoms with E-state index in [9.17, 15) is 8.42 Å². The van der Waals surface area contributed by atoms with E-state index in [1.165, 1.54) is 4.31 Å². The molecule has 1 aliphatic heterocycles. The second-order valence-electron chi connectivity index (χ2n) is 4.48. The Labute approximate surface area is 110 Å². The molecule has 18 heavy (non-hydrogen) atoms. The molecule has 0 aromatic rings. The molecule has 0 amide bonds. The maximum absolute atomic E-state index is 12.1. The fraction of sp³-hybridized carbons (Fsp3) is 1.00. The predicted octanol–water partition coefficient (Wildman–Crippen LogP) is -0.0688. The largest absolute Gasteiger partial charge is 0.378 e. The molecule has 0 radical (unpaired) electrons. The van der Waals surface area contributed by atoms with Crippen molar-refractivity contribution in [3.05, 3.63) is 0 Å². The second-order valence-corrected chi connectivity index (χ2v) is 6.23. The molecule has 0 aromatic carbocycles. The van der Waals surface area contributed by atoms with Crippen molar-refractivity contribution in [2.75, 3.05) is 39.4 Å². The second kappa shape index (κ2) is 8.06. The molecule has 1 rings (SSSR count). The maximum Gasteiger partial charge on any atom is 0.279 e. The third-order valence-corrected chi connectivity index (χ3v) is 4.37. The molecule has 1 heterocycles. The topological polar surface area (TPSA) is 70.7 Å². The first-order valence-electron chi connectivity index (χ1n) is 6.66. The molecule has 1 atom stereocenters. The molecule has 7 heteroatoms. The summed E-state index contributed by atoms with van der Waals surface area (Å²) in [6, 6.07) is 0.0682. The van der Waals surface area contributed by atoms with Crippen LogP contribution in [0.4, 0.5) is 0 Å². The van der Waals surface area contributed by atoms with Crippen LogP contribution < -0.4 is 10.0 Å². The number of nitrogens with one attached hydrogen (secondary N) is 2. The van der Waals surface area contributed by atoms with Crippen molar-refractivity contribution in [3.63, 3.8) is 0 Å². The minimum absolute atomic E-state index is 0.0682. The van der Waals surface area contributed by atoms with E-state index in [4.69, 9.17) is 4.74 Å². The molecular weight excluding hydrogens is 254 g/mol. The molecule has 1 aliphatic rings. The Morgan fingerprint density at radius 2 is 2.00 bits per heavy atom. The van der Waals surface area contributed by atoms with E-state index in [2.05, 4.69) is 10.0 Å². The molecule has 0 aliphatic carbocycles. The van der Waals surface area contributed by atoms with E-state index in [0.29, 0.717) is 32.8 Å². The minimum atomic E-state index is -3.36. The first-order chi connectivity index (χ1) is 8.60. The summed E-state index contributed by atoms with van der Waals surface area (Å²) >= 11 is 0. The van der Waals surface area contributed by atoms with Gasteiger partial charge in [0.1, 0.15) is 0 Å². The molecule has 0 bridgehead atoms. The van der Waals surface area contributed by atoms with Crippen LogP contribution in [0.2, 0.25) is 0 Å². The molecule has 1 saturated heterocycles. The Morgan fingerprint density at radius 3 is 2.50 bits per heavy atom.